The second-order valence-electron chi connectivity index (χ2n) is 4.85. The average molecular weight is 319 g/mol. The second kappa shape index (κ2) is 7.71. The predicted octanol–water partition coefficient (Wildman–Crippen LogP) is 3.39. The highest BCUT2D eigenvalue weighted by molar-refractivity contribution is 6.31. The molecule has 0 aliphatic carbocycles. The molecular weight excluding hydrogens is 300 g/mol. The van der Waals surface area contributed by atoms with Gasteiger partial charge in [-0.15, -0.1) is 0 Å². The van der Waals surface area contributed by atoms with Crippen LogP contribution in [-0.4, -0.2) is 19.6 Å². The fraction of sp³-hybridized carbons (Fsp3) is 0.235. The van der Waals surface area contributed by atoms with Crippen LogP contribution in [0.5, 0.6) is 5.75 Å². The van der Waals surface area contributed by atoms with Crippen molar-refractivity contribution in [3.63, 3.8) is 0 Å². The molecule has 1 amide bonds. The van der Waals surface area contributed by atoms with Crippen molar-refractivity contribution in [2.75, 3.05) is 19.0 Å². The normalized spacial score (nSPS) is 10.1. The number of rotatable bonds is 6. The molecule has 0 aliphatic rings. The number of carbonyl (C=O) groups is 1. The summed E-state index contributed by atoms with van der Waals surface area (Å²) < 4.78 is 5.25. The van der Waals surface area contributed by atoms with E-state index in [9.17, 15) is 4.79 Å². The maximum Gasteiger partial charge on any atom is 0.239 e. The number of para-hydroxylation sites is 1. The molecule has 116 valence electrons. The lowest BCUT2D eigenvalue weighted by Crippen LogP contribution is -2.29. The number of hydrogen-bond donors (Lipinski definition) is 2. The quantitative estimate of drug-likeness (QED) is 0.858. The molecule has 22 heavy (non-hydrogen) atoms. The number of anilines is 1. The van der Waals surface area contributed by atoms with Crippen molar-refractivity contribution >= 4 is 23.2 Å². The summed E-state index contributed by atoms with van der Waals surface area (Å²) in [7, 11) is 1.62. The van der Waals surface area contributed by atoms with Crippen LogP contribution in [0.15, 0.2) is 42.5 Å². The molecule has 0 radical (unpaired) electrons. The van der Waals surface area contributed by atoms with E-state index in [1.54, 1.807) is 7.11 Å². The van der Waals surface area contributed by atoms with Crippen LogP contribution in [0, 0.1) is 6.92 Å². The van der Waals surface area contributed by atoms with Gasteiger partial charge in [-0.1, -0.05) is 35.9 Å². The minimum absolute atomic E-state index is 0.0923. The zero-order valence-corrected chi connectivity index (χ0v) is 13.4. The Morgan fingerprint density at radius 1 is 1.18 bits per heavy atom. The summed E-state index contributed by atoms with van der Waals surface area (Å²) in [6.07, 6.45) is 0. The highest BCUT2D eigenvalue weighted by Gasteiger charge is 2.06. The summed E-state index contributed by atoms with van der Waals surface area (Å²) in [6.45, 7) is 2.53. The molecule has 2 aromatic carbocycles. The van der Waals surface area contributed by atoms with Crippen LogP contribution in [0.1, 0.15) is 11.1 Å². The van der Waals surface area contributed by atoms with Gasteiger partial charge in [0, 0.05) is 22.8 Å². The van der Waals surface area contributed by atoms with Gasteiger partial charge in [0.2, 0.25) is 5.91 Å². The van der Waals surface area contributed by atoms with E-state index in [1.165, 1.54) is 0 Å². The first kappa shape index (κ1) is 16.2. The van der Waals surface area contributed by atoms with E-state index in [-0.39, 0.29) is 12.5 Å². The van der Waals surface area contributed by atoms with Gasteiger partial charge in [0.1, 0.15) is 5.75 Å². The van der Waals surface area contributed by atoms with Gasteiger partial charge in [0.05, 0.1) is 13.7 Å². The molecule has 0 saturated heterocycles. The topological polar surface area (TPSA) is 50.4 Å². The number of nitrogens with one attached hydrogen (secondary N) is 2. The summed E-state index contributed by atoms with van der Waals surface area (Å²) in [5.41, 5.74) is 2.74. The van der Waals surface area contributed by atoms with Crippen LogP contribution in [0.3, 0.4) is 0 Å². The largest absolute Gasteiger partial charge is 0.496 e. The Labute approximate surface area is 135 Å². The molecule has 2 rings (SSSR count). The number of ether oxygens (including phenoxy) is 1. The molecule has 0 unspecified atom stereocenters. The molecule has 4 nitrogen and oxygen atoms in total. The monoisotopic (exact) mass is 318 g/mol. The zero-order valence-electron chi connectivity index (χ0n) is 12.7. The van der Waals surface area contributed by atoms with Gasteiger partial charge in [0.25, 0.3) is 0 Å². The first-order valence-corrected chi connectivity index (χ1v) is 7.37. The number of hydrogen-bond acceptors (Lipinski definition) is 3. The van der Waals surface area contributed by atoms with Gasteiger partial charge in [-0.2, -0.15) is 0 Å². The molecular formula is C17H19ClN2O2. The summed E-state index contributed by atoms with van der Waals surface area (Å²) in [6, 6.07) is 13.2. The number of carbonyl (C=O) groups excluding carboxylic acids is 1. The van der Waals surface area contributed by atoms with Crippen molar-refractivity contribution in [2.24, 2.45) is 0 Å². The molecule has 0 spiro atoms. The van der Waals surface area contributed by atoms with Crippen LogP contribution in [0.4, 0.5) is 5.69 Å². The molecule has 0 fully saturated rings. The maximum absolute atomic E-state index is 11.9. The third kappa shape index (κ3) is 4.15. The average Bonchev–Trinajstić information content (AvgIpc) is 2.54. The van der Waals surface area contributed by atoms with E-state index in [4.69, 9.17) is 16.3 Å². The Bertz CT molecular complexity index is 659. The molecule has 0 saturated carbocycles. The molecule has 0 aliphatic heterocycles. The van der Waals surface area contributed by atoms with Crippen LogP contribution in [0.25, 0.3) is 0 Å². The number of halogens is 1. The smallest absolute Gasteiger partial charge is 0.239 e. The van der Waals surface area contributed by atoms with Crippen molar-refractivity contribution in [2.45, 2.75) is 13.5 Å². The van der Waals surface area contributed by atoms with Gasteiger partial charge in [-0.05, 0) is 30.7 Å². The first-order valence-electron chi connectivity index (χ1n) is 6.99. The van der Waals surface area contributed by atoms with Crippen molar-refractivity contribution in [1.82, 2.24) is 5.32 Å². The summed E-state index contributed by atoms with van der Waals surface area (Å²) >= 11 is 6.05. The van der Waals surface area contributed by atoms with E-state index in [0.29, 0.717) is 11.6 Å². The number of benzene rings is 2. The molecule has 5 heteroatoms. The van der Waals surface area contributed by atoms with E-state index >= 15 is 0 Å². The molecule has 2 N–H and O–H groups in total. The van der Waals surface area contributed by atoms with Crippen LogP contribution in [0.2, 0.25) is 5.02 Å². The molecule has 0 bridgehead atoms. The van der Waals surface area contributed by atoms with Crippen molar-refractivity contribution < 1.29 is 9.53 Å². The number of amides is 1. The Morgan fingerprint density at radius 3 is 2.73 bits per heavy atom. The van der Waals surface area contributed by atoms with Crippen molar-refractivity contribution in [1.29, 1.82) is 0 Å². The van der Waals surface area contributed by atoms with E-state index in [0.717, 1.165) is 22.6 Å². The molecule has 2 aromatic rings. The maximum atomic E-state index is 11.9. The summed E-state index contributed by atoms with van der Waals surface area (Å²) in [5, 5.41) is 6.63. The highest BCUT2D eigenvalue weighted by atomic mass is 35.5. The SMILES string of the molecule is COc1ccccc1CNC(=O)CNc1cccc(Cl)c1C. The number of methoxy groups -OCH3 is 1. The standard InChI is InChI=1S/C17H19ClN2O2/c1-12-14(18)7-5-8-15(12)19-11-17(21)20-10-13-6-3-4-9-16(13)22-2/h3-9,19H,10-11H2,1-2H3,(H,20,21). The van der Waals surface area contributed by atoms with Crippen LogP contribution < -0.4 is 15.4 Å². The molecule has 0 heterocycles. The third-order valence-electron chi connectivity index (χ3n) is 3.38. The fourth-order valence-corrected chi connectivity index (χ4v) is 2.25. The van der Waals surface area contributed by atoms with Gasteiger partial charge < -0.3 is 15.4 Å². The zero-order chi connectivity index (χ0) is 15.9. The lowest BCUT2D eigenvalue weighted by Gasteiger charge is -2.12. The fourth-order valence-electron chi connectivity index (χ4n) is 2.08. The lowest BCUT2D eigenvalue weighted by atomic mass is 10.2. The Morgan fingerprint density at radius 2 is 1.95 bits per heavy atom. The van der Waals surface area contributed by atoms with E-state index < -0.39 is 0 Å². The lowest BCUT2D eigenvalue weighted by molar-refractivity contribution is -0.119. The van der Waals surface area contributed by atoms with Gasteiger partial charge >= 0.3 is 0 Å². The van der Waals surface area contributed by atoms with Gasteiger partial charge in [-0.3, -0.25) is 4.79 Å². The first-order chi connectivity index (χ1) is 10.6. The Balaban J connectivity index is 1.87. The summed E-state index contributed by atoms with van der Waals surface area (Å²) in [5.74, 6) is 0.673. The third-order valence-corrected chi connectivity index (χ3v) is 3.79. The minimum atomic E-state index is -0.0923. The Kier molecular flexibility index (Phi) is 5.67. The van der Waals surface area contributed by atoms with E-state index in [2.05, 4.69) is 10.6 Å². The van der Waals surface area contributed by atoms with Gasteiger partial charge in [0.15, 0.2) is 0 Å². The van der Waals surface area contributed by atoms with Crippen molar-refractivity contribution in [3.05, 3.63) is 58.6 Å². The highest BCUT2D eigenvalue weighted by Crippen LogP contribution is 2.22. The van der Waals surface area contributed by atoms with Crippen molar-refractivity contribution in [3.8, 4) is 5.75 Å². The summed E-state index contributed by atoms with van der Waals surface area (Å²) in [4.78, 5) is 11.9. The van der Waals surface area contributed by atoms with Gasteiger partial charge in [-0.25, -0.2) is 0 Å². The molecule has 0 aromatic heterocycles. The second-order valence-corrected chi connectivity index (χ2v) is 5.26. The Hall–Kier alpha value is -2.20. The molecule has 0 atom stereocenters. The predicted molar refractivity (Wildman–Crippen MR) is 89.5 cm³/mol. The minimum Gasteiger partial charge on any atom is -0.496 e. The van der Waals surface area contributed by atoms with Crippen LogP contribution >= 0.6 is 11.6 Å². The van der Waals surface area contributed by atoms with Crippen LogP contribution in [-0.2, 0) is 11.3 Å². The van der Waals surface area contributed by atoms with E-state index in [1.807, 2.05) is 49.4 Å².